The maximum Gasteiger partial charge on any atom is 0.227 e. The van der Waals surface area contributed by atoms with Crippen molar-refractivity contribution in [1.82, 2.24) is 5.32 Å². The second-order valence-electron chi connectivity index (χ2n) is 6.69. The summed E-state index contributed by atoms with van der Waals surface area (Å²) in [6.45, 7) is 0.597. The Labute approximate surface area is 167 Å². The number of carbonyl (C=O) groups excluding carboxylic acids is 2. The van der Waals surface area contributed by atoms with Crippen LogP contribution in [0, 0.1) is 5.92 Å². The van der Waals surface area contributed by atoms with Gasteiger partial charge in [0.15, 0.2) is 0 Å². The number of carbonyl (C=O) groups is 2. The Bertz CT molecular complexity index is 1010. The Morgan fingerprint density at radius 1 is 1.29 bits per heavy atom. The monoisotopic (exact) mass is 398 g/mol. The predicted molar refractivity (Wildman–Crippen MR) is 107 cm³/mol. The molecule has 144 valence electrons. The van der Waals surface area contributed by atoms with Gasteiger partial charge in [-0.15, -0.1) is 0 Å². The lowest BCUT2D eigenvalue weighted by atomic mass is 10.1. The molecule has 1 saturated heterocycles. The van der Waals surface area contributed by atoms with Gasteiger partial charge in [0.05, 0.1) is 24.6 Å². The molecule has 2 aromatic carbocycles. The van der Waals surface area contributed by atoms with Crippen molar-refractivity contribution in [2.24, 2.45) is 5.92 Å². The molecule has 0 saturated carbocycles. The minimum atomic E-state index is -0.419. The number of fused-ring (bicyclic) bond motifs is 1. The third-order valence-electron chi connectivity index (χ3n) is 4.86. The molecule has 0 bridgehead atoms. The summed E-state index contributed by atoms with van der Waals surface area (Å²) in [6, 6.07) is 14.7. The van der Waals surface area contributed by atoms with Crippen molar-refractivity contribution < 1.29 is 18.7 Å². The van der Waals surface area contributed by atoms with Crippen LogP contribution in [0.1, 0.15) is 12.2 Å². The number of benzene rings is 2. The number of rotatable bonds is 5. The van der Waals surface area contributed by atoms with Gasteiger partial charge >= 0.3 is 0 Å². The largest absolute Gasteiger partial charge is 0.495 e. The van der Waals surface area contributed by atoms with Gasteiger partial charge in [-0.05, 0) is 30.3 Å². The number of para-hydroxylation sites is 1. The van der Waals surface area contributed by atoms with E-state index < -0.39 is 5.92 Å². The van der Waals surface area contributed by atoms with Crippen LogP contribution in [-0.4, -0.2) is 25.5 Å². The van der Waals surface area contributed by atoms with Gasteiger partial charge in [-0.25, -0.2) is 0 Å². The van der Waals surface area contributed by atoms with Crippen LogP contribution in [0.15, 0.2) is 52.9 Å². The zero-order chi connectivity index (χ0) is 19.7. The van der Waals surface area contributed by atoms with Crippen molar-refractivity contribution in [3.8, 4) is 5.75 Å². The van der Waals surface area contributed by atoms with E-state index in [9.17, 15) is 9.59 Å². The second kappa shape index (κ2) is 7.56. The molecule has 1 N–H and O–H groups in total. The molecule has 1 aliphatic heterocycles. The van der Waals surface area contributed by atoms with Crippen molar-refractivity contribution >= 4 is 40.1 Å². The summed E-state index contributed by atoms with van der Waals surface area (Å²) >= 11 is 6.15. The first-order valence-electron chi connectivity index (χ1n) is 8.94. The van der Waals surface area contributed by atoms with Crippen LogP contribution in [0.2, 0.25) is 5.02 Å². The molecule has 4 rings (SSSR count). The minimum absolute atomic E-state index is 0.106. The van der Waals surface area contributed by atoms with E-state index in [1.54, 1.807) is 23.1 Å². The van der Waals surface area contributed by atoms with Crippen LogP contribution in [0.5, 0.6) is 5.75 Å². The molecule has 2 heterocycles. The van der Waals surface area contributed by atoms with Crippen LogP contribution in [0.4, 0.5) is 5.69 Å². The number of nitrogens with zero attached hydrogens (tertiary/aromatic N) is 1. The highest BCUT2D eigenvalue weighted by Crippen LogP contribution is 2.32. The molecular weight excluding hydrogens is 380 g/mol. The topological polar surface area (TPSA) is 71.8 Å². The molecule has 7 heteroatoms. The molecule has 3 aromatic rings. The average Bonchev–Trinajstić information content (AvgIpc) is 3.29. The molecule has 1 fully saturated rings. The van der Waals surface area contributed by atoms with Crippen molar-refractivity contribution in [2.45, 2.75) is 13.0 Å². The number of hydrogen-bond donors (Lipinski definition) is 1. The number of methoxy groups -OCH3 is 1. The fourth-order valence-electron chi connectivity index (χ4n) is 3.40. The van der Waals surface area contributed by atoms with E-state index in [0.717, 1.165) is 11.0 Å². The number of anilines is 1. The van der Waals surface area contributed by atoms with E-state index in [1.165, 1.54) is 7.11 Å². The van der Waals surface area contributed by atoms with E-state index in [0.29, 0.717) is 28.8 Å². The second-order valence-corrected chi connectivity index (χ2v) is 7.10. The highest BCUT2D eigenvalue weighted by molar-refractivity contribution is 6.32. The summed E-state index contributed by atoms with van der Waals surface area (Å²) in [5.41, 5.74) is 1.44. The quantitative estimate of drug-likeness (QED) is 0.710. The number of hydrogen-bond acceptors (Lipinski definition) is 4. The molecule has 6 nitrogen and oxygen atoms in total. The van der Waals surface area contributed by atoms with Gasteiger partial charge in [0, 0.05) is 24.0 Å². The number of furan rings is 1. The summed E-state index contributed by atoms with van der Waals surface area (Å²) in [4.78, 5) is 26.5. The van der Waals surface area contributed by atoms with Gasteiger partial charge in [-0.2, -0.15) is 0 Å². The third kappa shape index (κ3) is 3.55. The smallest absolute Gasteiger partial charge is 0.227 e. The van der Waals surface area contributed by atoms with Crippen LogP contribution < -0.4 is 15.0 Å². The number of amides is 2. The molecular formula is C21H19ClN2O4. The number of nitrogens with one attached hydrogen (secondary N) is 1. The van der Waals surface area contributed by atoms with Crippen LogP contribution >= 0.6 is 11.6 Å². The Balaban J connectivity index is 1.40. The van der Waals surface area contributed by atoms with Gasteiger partial charge in [-0.1, -0.05) is 29.8 Å². The van der Waals surface area contributed by atoms with Crippen LogP contribution in [-0.2, 0) is 16.1 Å². The third-order valence-corrected chi connectivity index (χ3v) is 5.15. The summed E-state index contributed by atoms with van der Waals surface area (Å²) in [7, 11) is 1.53. The molecule has 1 aliphatic rings. The molecule has 0 unspecified atom stereocenters. The zero-order valence-electron chi connectivity index (χ0n) is 15.3. The van der Waals surface area contributed by atoms with E-state index in [1.807, 2.05) is 30.3 Å². The average molecular weight is 399 g/mol. The van der Waals surface area contributed by atoms with Crippen molar-refractivity contribution in [3.05, 3.63) is 59.3 Å². The Hall–Kier alpha value is -2.99. The Morgan fingerprint density at radius 3 is 2.86 bits per heavy atom. The Kier molecular flexibility index (Phi) is 4.96. The van der Waals surface area contributed by atoms with Gasteiger partial charge in [0.25, 0.3) is 0 Å². The lowest BCUT2D eigenvalue weighted by Gasteiger charge is -2.17. The minimum Gasteiger partial charge on any atom is -0.495 e. The van der Waals surface area contributed by atoms with Crippen molar-refractivity contribution in [1.29, 1.82) is 0 Å². The molecule has 28 heavy (non-hydrogen) atoms. The molecule has 0 spiro atoms. The number of halogens is 1. The first-order chi connectivity index (χ1) is 13.5. The normalized spacial score (nSPS) is 16.6. The van der Waals surface area contributed by atoms with Crippen molar-refractivity contribution in [2.75, 3.05) is 18.6 Å². The van der Waals surface area contributed by atoms with Crippen LogP contribution in [0.25, 0.3) is 11.0 Å². The Morgan fingerprint density at radius 2 is 2.11 bits per heavy atom. The van der Waals surface area contributed by atoms with Crippen molar-refractivity contribution in [3.63, 3.8) is 0 Å². The lowest BCUT2D eigenvalue weighted by molar-refractivity contribution is -0.126. The van der Waals surface area contributed by atoms with E-state index in [2.05, 4.69) is 5.32 Å². The standard InChI is InChI=1S/C21H19ClN2O4/c1-27-19-7-6-15(10-17(19)22)24-12-14(9-20(24)25)21(26)23-11-16-8-13-4-2-3-5-18(13)28-16/h2-8,10,14H,9,11-12H2,1H3,(H,23,26)/t14-/m0/s1. The fraction of sp³-hybridized carbons (Fsp3) is 0.238. The first kappa shape index (κ1) is 18.4. The van der Waals surface area contributed by atoms with E-state index in [4.69, 9.17) is 20.8 Å². The number of ether oxygens (including phenoxy) is 1. The molecule has 0 aliphatic carbocycles. The molecule has 1 atom stereocenters. The molecule has 0 radical (unpaired) electrons. The molecule has 2 amide bonds. The highest BCUT2D eigenvalue weighted by Gasteiger charge is 2.35. The summed E-state index contributed by atoms with van der Waals surface area (Å²) in [5, 5.41) is 4.28. The van der Waals surface area contributed by atoms with Gasteiger partial charge in [0.2, 0.25) is 11.8 Å². The van der Waals surface area contributed by atoms with Gasteiger partial charge in [-0.3, -0.25) is 9.59 Å². The SMILES string of the molecule is COc1ccc(N2C[C@@H](C(=O)NCc3cc4ccccc4o3)CC2=O)cc1Cl. The van der Waals surface area contributed by atoms with Gasteiger partial charge < -0.3 is 19.4 Å². The highest BCUT2D eigenvalue weighted by atomic mass is 35.5. The maximum atomic E-state index is 12.5. The van der Waals surface area contributed by atoms with Gasteiger partial charge in [0.1, 0.15) is 17.1 Å². The summed E-state index contributed by atoms with van der Waals surface area (Å²) < 4.78 is 10.8. The predicted octanol–water partition coefficient (Wildman–Crippen LogP) is 3.76. The van der Waals surface area contributed by atoms with Crippen LogP contribution in [0.3, 0.4) is 0 Å². The summed E-state index contributed by atoms with van der Waals surface area (Å²) in [6.07, 6.45) is 0.162. The van der Waals surface area contributed by atoms with E-state index >= 15 is 0 Å². The molecule has 1 aromatic heterocycles. The maximum absolute atomic E-state index is 12.5. The fourth-order valence-corrected chi connectivity index (χ4v) is 3.65. The van der Waals surface area contributed by atoms with E-state index in [-0.39, 0.29) is 24.8 Å². The lowest BCUT2D eigenvalue weighted by Crippen LogP contribution is -2.32. The summed E-state index contributed by atoms with van der Waals surface area (Å²) in [5.74, 6) is 0.522. The first-order valence-corrected chi connectivity index (χ1v) is 9.32. The zero-order valence-corrected chi connectivity index (χ0v) is 16.0.